The third-order valence-electron chi connectivity index (χ3n) is 4.44. The van der Waals surface area contributed by atoms with E-state index >= 15 is 0 Å². The van der Waals surface area contributed by atoms with E-state index in [0.29, 0.717) is 12.0 Å². The molecule has 0 amide bonds. The summed E-state index contributed by atoms with van der Waals surface area (Å²) in [5.41, 5.74) is 6.96. The number of pyridine rings is 1. The van der Waals surface area contributed by atoms with Gasteiger partial charge in [0.05, 0.1) is 0 Å². The Morgan fingerprint density at radius 3 is 3.05 bits per heavy atom. The molecular formula is C15H22N4. The number of hydrogen-bond acceptors (Lipinski definition) is 3. The number of nitrogens with two attached hydrogens (primary N) is 1. The van der Waals surface area contributed by atoms with Crippen molar-refractivity contribution in [2.24, 2.45) is 11.7 Å². The summed E-state index contributed by atoms with van der Waals surface area (Å²) in [5, 5.41) is 0. The number of aromatic nitrogens is 2. The van der Waals surface area contributed by atoms with Gasteiger partial charge in [-0.3, -0.25) is 4.40 Å². The molecule has 2 atom stereocenters. The maximum atomic E-state index is 5.96. The maximum Gasteiger partial charge on any atom is 0.138 e. The van der Waals surface area contributed by atoms with Crippen molar-refractivity contribution in [3.63, 3.8) is 0 Å². The fourth-order valence-corrected chi connectivity index (χ4v) is 3.36. The number of nitrogens with zero attached hydrogens (tertiary/aromatic N) is 3. The minimum atomic E-state index is 0.548. The van der Waals surface area contributed by atoms with Crippen LogP contribution >= 0.6 is 0 Å². The molecule has 1 aliphatic carbocycles. The predicted octanol–water partition coefficient (Wildman–Crippen LogP) is 2.29. The first kappa shape index (κ1) is 12.5. The molecule has 0 aliphatic heterocycles. The fraction of sp³-hybridized carbons (Fsp3) is 0.533. The molecule has 1 aliphatic rings. The van der Waals surface area contributed by atoms with Gasteiger partial charge in [-0.25, -0.2) is 4.98 Å². The van der Waals surface area contributed by atoms with Crippen molar-refractivity contribution in [2.75, 3.05) is 18.5 Å². The van der Waals surface area contributed by atoms with Crippen LogP contribution in [0.5, 0.6) is 0 Å². The van der Waals surface area contributed by atoms with E-state index in [0.717, 1.165) is 12.2 Å². The van der Waals surface area contributed by atoms with Gasteiger partial charge in [0, 0.05) is 25.5 Å². The van der Waals surface area contributed by atoms with Gasteiger partial charge >= 0.3 is 0 Å². The lowest BCUT2D eigenvalue weighted by molar-refractivity contribution is 0.305. The minimum Gasteiger partial charge on any atom is -0.357 e. The van der Waals surface area contributed by atoms with Crippen LogP contribution in [0.3, 0.4) is 0 Å². The van der Waals surface area contributed by atoms with Crippen molar-refractivity contribution < 1.29 is 0 Å². The highest BCUT2D eigenvalue weighted by atomic mass is 15.2. The highest BCUT2D eigenvalue weighted by Crippen LogP contribution is 2.30. The highest BCUT2D eigenvalue weighted by Gasteiger charge is 2.28. The van der Waals surface area contributed by atoms with E-state index in [1.165, 1.54) is 31.5 Å². The number of hydrogen-bond donors (Lipinski definition) is 1. The lowest BCUT2D eigenvalue weighted by Crippen LogP contribution is -2.43. The molecule has 1 fully saturated rings. The number of fused-ring (bicyclic) bond motifs is 1. The Balaban J connectivity index is 1.94. The van der Waals surface area contributed by atoms with Crippen molar-refractivity contribution in [3.8, 4) is 0 Å². The Bertz CT molecular complexity index is 548. The van der Waals surface area contributed by atoms with Gasteiger partial charge < -0.3 is 10.6 Å². The monoisotopic (exact) mass is 258 g/mol. The molecule has 2 aromatic heterocycles. The van der Waals surface area contributed by atoms with E-state index < -0.39 is 0 Å². The van der Waals surface area contributed by atoms with Crippen molar-refractivity contribution in [1.82, 2.24) is 9.38 Å². The van der Waals surface area contributed by atoms with E-state index in [-0.39, 0.29) is 0 Å². The Hall–Kier alpha value is -1.55. The van der Waals surface area contributed by atoms with E-state index in [2.05, 4.69) is 33.5 Å². The topological polar surface area (TPSA) is 46.6 Å². The van der Waals surface area contributed by atoms with Gasteiger partial charge in [-0.1, -0.05) is 18.9 Å². The zero-order valence-corrected chi connectivity index (χ0v) is 11.5. The molecule has 3 rings (SSSR count). The average molecular weight is 258 g/mol. The number of rotatable bonds is 3. The van der Waals surface area contributed by atoms with E-state index in [4.69, 9.17) is 5.73 Å². The standard InChI is InChI=1S/C15H22N4/c1-18(13-6-3-2-5-12(13)11-16)15-8-4-7-14-17-9-10-19(14)15/h4,7-10,12-13H,2-3,5-6,11,16H2,1H3. The average Bonchev–Trinajstić information content (AvgIpc) is 2.94. The molecule has 4 nitrogen and oxygen atoms in total. The van der Waals surface area contributed by atoms with Gasteiger partial charge in [-0.05, 0) is 37.4 Å². The zero-order chi connectivity index (χ0) is 13.2. The molecule has 0 radical (unpaired) electrons. The second kappa shape index (κ2) is 5.21. The summed E-state index contributed by atoms with van der Waals surface area (Å²) in [5.74, 6) is 1.82. The summed E-state index contributed by atoms with van der Waals surface area (Å²) in [6.07, 6.45) is 9.01. The molecular weight excluding hydrogens is 236 g/mol. The summed E-state index contributed by atoms with van der Waals surface area (Å²) >= 11 is 0. The van der Waals surface area contributed by atoms with E-state index in [9.17, 15) is 0 Å². The molecule has 0 bridgehead atoms. The lowest BCUT2D eigenvalue weighted by Gasteiger charge is -2.38. The van der Waals surface area contributed by atoms with Crippen LogP contribution in [-0.2, 0) is 0 Å². The van der Waals surface area contributed by atoms with Crippen LogP contribution in [-0.4, -0.2) is 29.0 Å². The van der Waals surface area contributed by atoms with Crippen LogP contribution in [0, 0.1) is 5.92 Å². The highest BCUT2D eigenvalue weighted by molar-refractivity contribution is 5.51. The molecule has 2 heterocycles. The summed E-state index contributed by atoms with van der Waals surface area (Å²) < 4.78 is 2.15. The SMILES string of the molecule is CN(c1cccc2nccn12)C1CCCCC1CN. The second-order valence-corrected chi connectivity index (χ2v) is 5.50. The molecule has 0 aromatic carbocycles. The third kappa shape index (κ3) is 2.21. The van der Waals surface area contributed by atoms with E-state index in [1.54, 1.807) is 0 Å². The summed E-state index contributed by atoms with van der Waals surface area (Å²) in [6, 6.07) is 6.83. The van der Waals surface area contributed by atoms with Crippen molar-refractivity contribution in [2.45, 2.75) is 31.7 Å². The smallest absolute Gasteiger partial charge is 0.138 e. The van der Waals surface area contributed by atoms with Crippen LogP contribution < -0.4 is 10.6 Å². The predicted molar refractivity (Wildman–Crippen MR) is 78.4 cm³/mol. The molecule has 102 valence electrons. The third-order valence-corrected chi connectivity index (χ3v) is 4.44. The molecule has 2 aromatic rings. The molecule has 0 saturated heterocycles. The second-order valence-electron chi connectivity index (χ2n) is 5.50. The first-order valence-corrected chi connectivity index (χ1v) is 7.16. The molecule has 1 saturated carbocycles. The lowest BCUT2D eigenvalue weighted by atomic mass is 9.84. The fourth-order valence-electron chi connectivity index (χ4n) is 3.36. The Labute approximate surface area is 114 Å². The largest absolute Gasteiger partial charge is 0.357 e. The quantitative estimate of drug-likeness (QED) is 0.919. The molecule has 2 unspecified atom stereocenters. The van der Waals surface area contributed by atoms with E-state index in [1.807, 2.05) is 18.5 Å². The molecule has 2 N–H and O–H groups in total. The first-order valence-electron chi connectivity index (χ1n) is 7.16. The number of anilines is 1. The van der Waals surface area contributed by atoms with Crippen LogP contribution in [0.2, 0.25) is 0 Å². The number of imidazole rings is 1. The molecule has 19 heavy (non-hydrogen) atoms. The molecule has 0 spiro atoms. The van der Waals surface area contributed by atoms with Crippen LogP contribution in [0.15, 0.2) is 30.6 Å². The Morgan fingerprint density at radius 1 is 1.37 bits per heavy atom. The minimum absolute atomic E-state index is 0.548. The first-order chi connectivity index (χ1) is 9.31. The van der Waals surface area contributed by atoms with Crippen LogP contribution in [0.4, 0.5) is 5.82 Å². The van der Waals surface area contributed by atoms with Gasteiger partial charge in [-0.2, -0.15) is 0 Å². The van der Waals surface area contributed by atoms with Gasteiger partial charge in [-0.15, -0.1) is 0 Å². The van der Waals surface area contributed by atoms with Gasteiger partial charge in [0.15, 0.2) is 0 Å². The van der Waals surface area contributed by atoms with Crippen molar-refractivity contribution in [3.05, 3.63) is 30.6 Å². The van der Waals surface area contributed by atoms with Crippen molar-refractivity contribution in [1.29, 1.82) is 0 Å². The Kier molecular flexibility index (Phi) is 3.42. The van der Waals surface area contributed by atoms with Crippen LogP contribution in [0.1, 0.15) is 25.7 Å². The molecule has 4 heteroatoms. The van der Waals surface area contributed by atoms with Gasteiger partial charge in [0.25, 0.3) is 0 Å². The van der Waals surface area contributed by atoms with Gasteiger partial charge in [0.1, 0.15) is 11.5 Å². The normalized spacial score (nSPS) is 23.7. The van der Waals surface area contributed by atoms with Crippen LogP contribution in [0.25, 0.3) is 5.65 Å². The summed E-state index contributed by atoms with van der Waals surface area (Å²) in [7, 11) is 2.19. The summed E-state index contributed by atoms with van der Waals surface area (Å²) in [6.45, 7) is 0.787. The summed E-state index contributed by atoms with van der Waals surface area (Å²) in [4.78, 5) is 6.75. The van der Waals surface area contributed by atoms with Gasteiger partial charge in [0.2, 0.25) is 0 Å². The zero-order valence-electron chi connectivity index (χ0n) is 11.5. The Morgan fingerprint density at radius 2 is 2.21 bits per heavy atom. The maximum absolute atomic E-state index is 5.96. The van der Waals surface area contributed by atoms with Crippen molar-refractivity contribution >= 4 is 11.5 Å².